The minimum atomic E-state index is 0.0998. The first-order valence-corrected chi connectivity index (χ1v) is 4.88. The number of nitrogens with one attached hydrogen (secondary N) is 1. The molecule has 2 aliphatic rings. The Morgan fingerprint density at radius 3 is 2.92 bits per heavy atom. The van der Waals surface area contributed by atoms with Crippen molar-refractivity contribution in [2.45, 2.75) is 25.8 Å². The van der Waals surface area contributed by atoms with Gasteiger partial charge in [0, 0.05) is 13.0 Å². The van der Waals surface area contributed by atoms with Crippen LogP contribution in [-0.4, -0.2) is 11.9 Å². The summed E-state index contributed by atoms with van der Waals surface area (Å²) in [6, 6.07) is 0.443. The molecule has 0 radical (unpaired) electrons. The maximum absolute atomic E-state index is 10.8. The molecule has 0 aromatic rings. The third kappa shape index (κ3) is 2.00. The lowest BCUT2D eigenvalue weighted by molar-refractivity contribution is -0.119. The summed E-state index contributed by atoms with van der Waals surface area (Å²) >= 11 is 0. The van der Waals surface area contributed by atoms with Gasteiger partial charge < -0.3 is 5.32 Å². The van der Waals surface area contributed by atoms with Crippen molar-refractivity contribution < 1.29 is 4.79 Å². The maximum atomic E-state index is 10.8. The van der Waals surface area contributed by atoms with Crippen molar-refractivity contribution in [2.75, 3.05) is 0 Å². The quantitative estimate of drug-likeness (QED) is 0.682. The highest BCUT2D eigenvalue weighted by Gasteiger charge is 2.42. The van der Waals surface area contributed by atoms with E-state index in [1.165, 1.54) is 0 Å². The van der Waals surface area contributed by atoms with Crippen LogP contribution in [0.15, 0.2) is 24.3 Å². The van der Waals surface area contributed by atoms with Crippen LogP contribution in [0.2, 0.25) is 0 Å². The lowest BCUT2D eigenvalue weighted by Gasteiger charge is -2.12. The highest BCUT2D eigenvalue weighted by atomic mass is 16.1. The predicted octanol–water partition coefficient (Wildman–Crippen LogP) is 1.64. The van der Waals surface area contributed by atoms with Crippen LogP contribution in [0.5, 0.6) is 0 Å². The summed E-state index contributed by atoms with van der Waals surface area (Å²) < 4.78 is 0. The maximum Gasteiger partial charge on any atom is 0.217 e. The largest absolute Gasteiger partial charge is 0.353 e. The van der Waals surface area contributed by atoms with Crippen molar-refractivity contribution in [1.29, 1.82) is 0 Å². The molecule has 1 N–H and O–H groups in total. The Balaban J connectivity index is 1.82. The average Bonchev–Trinajstić information content (AvgIpc) is 2.84. The van der Waals surface area contributed by atoms with E-state index < -0.39 is 0 Å². The molecule has 1 unspecified atom stereocenters. The second-order valence-electron chi connectivity index (χ2n) is 3.92. The second-order valence-corrected chi connectivity index (χ2v) is 3.92. The van der Waals surface area contributed by atoms with Gasteiger partial charge in [0.15, 0.2) is 0 Å². The molecular weight excluding hydrogens is 162 g/mol. The first-order chi connectivity index (χ1) is 6.27. The molecule has 1 fully saturated rings. The minimum absolute atomic E-state index is 0.0998. The molecule has 2 nitrogen and oxygen atoms in total. The van der Waals surface area contributed by atoms with E-state index in [1.807, 2.05) is 0 Å². The molecule has 1 amide bonds. The third-order valence-corrected chi connectivity index (χ3v) is 2.79. The molecule has 0 bridgehead atoms. The Bertz CT molecular complexity index is 267. The van der Waals surface area contributed by atoms with Gasteiger partial charge in [-0.3, -0.25) is 4.79 Å². The minimum Gasteiger partial charge on any atom is -0.353 e. The fraction of sp³-hybridized carbons (Fsp3) is 0.545. The van der Waals surface area contributed by atoms with Crippen LogP contribution in [0.4, 0.5) is 0 Å². The van der Waals surface area contributed by atoms with Crippen molar-refractivity contribution in [3.63, 3.8) is 0 Å². The van der Waals surface area contributed by atoms with Crippen LogP contribution in [0, 0.1) is 11.8 Å². The van der Waals surface area contributed by atoms with E-state index in [2.05, 4.69) is 29.6 Å². The summed E-state index contributed by atoms with van der Waals surface area (Å²) in [6.07, 6.45) is 10.9. The standard InChI is InChI=1S/C11H15NO/c1-8(13)12-11-7-10(11)9-5-3-2-4-6-9/h2-5,9-11H,6-7H2,1H3,(H,12,13)/t9-,10?,11+/m0/s1. The Hall–Kier alpha value is -1.05. The summed E-state index contributed by atoms with van der Waals surface area (Å²) in [5.74, 6) is 1.44. The predicted molar refractivity (Wildman–Crippen MR) is 52.1 cm³/mol. The van der Waals surface area contributed by atoms with Gasteiger partial charge in [-0.15, -0.1) is 0 Å². The first kappa shape index (κ1) is 8.54. The Labute approximate surface area is 78.7 Å². The molecule has 0 aromatic heterocycles. The molecule has 70 valence electrons. The molecule has 3 atom stereocenters. The number of carbonyl (C=O) groups excluding carboxylic acids is 1. The van der Waals surface area contributed by atoms with Crippen LogP contribution >= 0.6 is 0 Å². The lowest BCUT2D eigenvalue weighted by Crippen LogP contribution is -2.25. The van der Waals surface area contributed by atoms with Crippen molar-refractivity contribution in [1.82, 2.24) is 5.32 Å². The van der Waals surface area contributed by atoms with Crippen LogP contribution in [0.1, 0.15) is 19.8 Å². The Kier molecular flexibility index (Phi) is 2.21. The Morgan fingerprint density at radius 1 is 1.46 bits per heavy atom. The first-order valence-electron chi connectivity index (χ1n) is 4.88. The van der Waals surface area contributed by atoms with Crippen LogP contribution < -0.4 is 5.32 Å². The van der Waals surface area contributed by atoms with Gasteiger partial charge in [0.1, 0.15) is 0 Å². The van der Waals surface area contributed by atoms with E-state index in [0.717, 1.165) is 12.8 Å². The topological polar surface area (TPSA) is 29.1 Å². The average molecular weight is 177 g/mol. The zero-order valence-corrected chi connectivity index (χ0v) is 7.86. The summed E-state index contributed by atoms with van der Waals surface area (Å²) in [7, 11) is 0. The fourth-order valence-electron chi connectivity index (χ4n) is 2.03. The fourth-order valence-corrected chi connectivity index (χ4v) is 2.03. The van der Waals surface area contributed by atoms with Crippen molar-refractivity contribution in [3.8, 4) is 0 Å². The highest BCUT2D eigenvalue weighted by molar-refractivity contribution is 5.73. The number of hydrogen-bond donors (Lipinski definition) is 1. The molecular formula is C11H15NO. The van der Waals surface area contributed by atoms with Crippen LogP contribution in [0.3, 0.4) is 0 Å². The third-order valence-electron chi connectivity index (χ3n) is 2.79. The smallest absolute Gasteiger partial charge is 0.217 e. The molecule has 13 heavy (non-hydrogen) atoms. The van der Waals surface area contributed by atoms with Crippen LogP contribution in [-0.2, 0) is 4.79 Å². The zero-order chi connectivity index (χ0) is 9.26. The number of carbonyl (C=O) groups is 1. The van der Waals surface area contributed by atoms with Gasteiger partial charge in [0.25, 0.3) is 0 Å². The molecule has 0 aromatic carbocycles. The van der Waals surface area contributed by atoms with Gasteiger partial charge in [-0.2, -0.15) is 0 Å². The van der Waals surface area contributed by atoms with Gasteiger partial charge in [0.05, 0.1) is 0 Å². The second kappa shape index (κ2) is 3.36. The SMILES string of the molecule is CC(=O)N[C@@H]1CC1[C@H]1C=CC=CC1. The van der Waals surface area contributed by atoms with Crippen molar-refractivity contribution in [2.24, 2.45) is 11.8 Å². The zero-order valence-electron chi connectivity index (χ0n) is 7.86. The molecule has 0 aliphatic heterocycles. The van der Waals surface area contributed by atoms with E-state index in [0.29, 0.717) is 17.9 Å². The Morgan fingerprint density at radius 2 is 2.31 bits per heavy atom. The monoisotopic (exact) mass is 177 g/mol. The molecule has 1 saturated carbocycles. The summed E-state index contributed by atoms with van der Waals surface area (Å²) in [5, 5.41) is 2.97. The van der Waals surface area contributed by atoms with Crippen molar-refractivity contribution >= 4 is 5.91 Å². The van der Waals surface area contributed by atoms with Gasteiger partial charge in [-0.25, -0.2) is 0 Å². The summed E-state index contributed by atoms with van der Waals surface area (Å²) in [4.78, 5) is 10.8. The van der Waals surface area contributed by atoms with E-state index in [1.54, 1.807) is 6.92 Å². The number of amides is 1. The summed E-state index contributed by atoms with van der Waals surface area (Å²) in [5.41, 5.74) is 0. The number of rotatable bonds is 2. The summed E-state index contributed by atoms with van der Waals surface area (Å²) in [6.45, 7) is 1.59. The molecule has 0 spiro atoms. The van der Waals surface area contributed by atoms with Gasteiger partial charge in [-0.1, -0.05) is 24.3 Å². The van der Waals surface area contributed by atoms with E-state index >= 15 is 0 Å². The van der Waals surface area contributed by atoms with Gasteiger partial charge in [0.2, 0.25) is 5.91 Å². The normalized spacial score (nSPS) is 35.9. The molecule has 2 rings (SSSR count). The number of hydrogen-bond acceptors (Lipinski definition) is 1. The lowest BCUT2D eigenvalue weighted by atomic mass is 9.95. The van der Waals surface area contributed by atoms with E-state index in [-0.39, 0.29) is 5.91 Å². The van der Waals surface area contributed by atoms with Crippen LogP contribution in [0.25, 0.3) is 0 Å². The molecule has 0 heterocycles. The van der Waals surface area contributed by atoms with Crippen molar-refractivity contribution in [3.05, 3.63) is 24.3 Å². The van der Waals surface area contributed by atoms with E-state index in [4.69, 9.17) is 0 Å². The van der Waals surface area contributed by atoms with Gasteiger partial charge >= 0.3 is 0 Å². The number of allylic oxidation sites excluding steroid dienone is 4. The van der Waals surface area contributed by atoms with Gasteiger partial charge in [-0.05, 0) is 24.7 Å². The molecule has 0 saturated heterocycles. The molecule has 2 aliphatic carbocycles. The van der Waals surface area contributed by atoms with E-state index in [9.17, 15) is 4.79 Å². The molecule has 2 heteroatoms. The highest BCUT2D eigenvalue weighted by Crippen LogP contribution is 2.40.